The van der Waals surface area contributed by atoms with E-state index < -0.39 is 0 Å². The molecule has 3 heteroatoms. The number of aromatic nitrogens is 1. The molecule has 0 aromatic carbocycles. The summed E-state index contributed by atoms with van der Waals surface area (Å²) in [5, 5.41) is 4.20. The maximum absolute atomic E-state index is 14.1. The molecule has 33 heavy (non-hydrogen) atoms. The first-order valence-corrected chi connectivity index (χ1v) is 13.5. The molecule has 1 heterocycles. The van der Waals surface area contributed by atoms with Gasteiger partial charge in [-0.25, -0.2) is 0 Å². The zero-order valence-electron chi connectivity index (χ0n) is 21.9. The van der Waals surface area contributed by atoms with Crippen molar-refractivity contribution in [2.24, 2.45) is 45.3 Å². The molecule has 0 amide bonds. The molecule has 3 fully saturated rings. The smallest absolute Gasteiger partial charge is 0.159 e. The van der Waals surface area contributed by atoms with Gasteiger partial charge in [0.1, 0.15) is 5.76 Å². The molecule has 5 aliphatic carbocycles. The van der Waals surface area contributed by atoms with Gasteiger partial charge in [0.25, 0.3) is 0 Å². The number of ketones is 1. The van der Waals surface area contributed by atoms with Crippen molar-refractivity contribution in [2.45, 2.75) is 105 Å². The lowest BCUT2D eigenvalue weighted by molar-refractivity contribution is -0.145. The Kier molecular flexibility index (Phi) is 4.31. The summed E-state index contributed by atoms with van der Waals surface area (Å²) in [5.41, 5.74) is 3.51. The van der Waals surface area contributed by atoms with Crippen LogP contribution in [-0.4, -0.2) is 10.9 Å². The van der Waals surface area contributed by atoms with Crippen molar-refractivity contribution in [2.75, 3.05) is 0 Å². The molecule has 3 saturated carbocycles. The Labute approximate surface area is 200 Å². The molecule has 5 aliphatic rings. The van der Waals surface area contributed by atoms with Crippen LogP contribution in [0.5, 0.6) is 0 Å². The Morgan fingerprint density at radius 2 is 1.67 bits per heavy atom. The summed E-state index contributed by atoms with van der Waals surface area (Å²) in [6, 6.07) is 0. The highest BCUT2D eigenvalue weighted by molar-refractivity contribution is 5.95. The molecule has 1 aromatic rings. The Morgan fingerprint density at radius 3 is 2.42 bits per heavy atom. The lowest BCUT2D eigenvalue weighted by Crippen LogP contribution is -2.60. The van der Waals surface area contributed by atoms with Gasteiger partial charge in [-0.15, -0.1) is 0 Å². The average Bonchev–Trinajstić information content (AvgIpc) is 3.18. The summed E-state index contributed by atoms with van der Waals surface area (Å²) in [6.45, 7) is 17.0. The van der Waals surface area contributed by atoms with Gasteiger partial charge >= 0.3 is 0 Å². The van der Waals surface area contributed by atoms with E-state index in [-0.39, 0.29) is 22.2 Å². The van der Waals surface area contributed by atoms with Crippen LogP contribution < -0.4 is 0 Å². The van der Waals surface area contributed by atoms with Crippen molar-refractivity contribution in [3.05, 3.63) is 29.2 Å². The van der Waals surface area contributed by atoms with E-state index in [2.05, 4.69) is 59.7 Å². The Hall–Kier alpha value is -1.38. The minimum absolute atomic E-state index is 0.00225. The second-order valence-electron chi connectivity index (χ2n) is 14.8. The first-order chi connectivity index (χ1) is 15.3. The predicted octanol–water partition coefficient (Wildman–Crippen LogP) is 7.30. The number of carbonyl (C=O) groups excluding carboxylic acids is 1. The molecule has 180 valence electrons. The quantitative estimate of drug-likeness (QED) is 0.417. The number of nitrogens with zero attached hydrogens (tertiary/aromatic N) is 1. The van der Waals surface area contributed by atoms with Gasteiger partial charge in [-0.2, -0.15) is 0 Å². The molecule has 7 unspecified atom stereocenters. The molecule has 3 nitrogen and oxygen atoms in total. The monoisotopic (exact) mass is 449 g/mol. The minimum atomic E-state index is -0.0561. The normalized spacial score (nSPS) is 47.4. The molecule has 1 aromatic heterocycles. The first kappa shape index (κ1) is 22.1. The van der Waals surface area contributed by atoms with Crippen LogP contribution in [0, 0.1) is 45.3 Å². The van der Waals surface area contributed by atoms with Gasteiger partial charge in [-0.05, 0) is 96.9 Å². The van der Waals surface area contributed by atoms with E-state index in [0.29, 0.717) is 34.4 Å². The van der Waals surface area contributed by atoms with Crippen molar-refractivity contribution in [3.63, 3.8) is 0 Å². The van der Waals surface area contributed by atoms with Crippen LogP contribution >= 0.6 is 0 Å². The highest BCUT2D eigenvalue weighted by Crippen LogP contribution is 2.70. The molecule has 0 radical (unpaired) electrons. The average molecular weight is 450 g/mol. The van der Waals surface area contributed by atoms with E-state index in [1.807, 2.05) is 6.20 Å². The summed E-state index contributed by atoms with van der Waals surface area (Å²) in [5.74, 6) is 3.28. The van der Waals surface area contributed by atoms with Gasteiger partial charge < -0.3 is 4.52 Å². The predicted molar refractivity (Wildman–Crippen MR) is 131 cm³/mol. The molecule has 0 saturated heterocycles. The van der Waals surface area contributed by atoms with Crippen molar-refractivity contribution >= 4 is 5.78 Å². The highest BCUT2D eigenvalue weighted by atomic mass is 16.5. The van der Waals surface area contributed by atoms with Crippen molar-refractivity contribution in [1.29, 1.82) is 0 Å². The van der Waals surface area contributed by atoms with E-state index in [9.17, 15) is 4.79 Å². The van der Waals surface area contributed by atoms with Crippen molar-refractivity contribution in [3.8, 4) is 0 Å². The summed E-state index contributed by atoms with van der Waals surface area (Å²) < 4.78 is 5.79. The van der Waals surface area contributed by atoms with Crippen LogP contribution in [0.1, 0.15) is 105 Å². The molecule has 0 N–H and O–H groups in total. The van der Waals surface area contributed by atoms with Gasteiger partial charge in [0.15, 0.2) is 5.78 Å². The van der Waals surface area contributed by atoms with Gasteiger partial charge in [0, 0.05) is 16.9 Å². The van der Waals surface area contributed by atoms with Gasteiger partial charge in [0.05, 0.1) is 6.20 Å². The molecule has 0 aliphatic heterocycles. The van der Waals surface area contributed by atoms with E-state index in [1.165, 1.54) is 56.1 Å². The fraction of sp³-hybridized carbons (Fsp3) is 0.800. The zero-order valence-corrected chi connectivity index (χ0v) is 21.9. The summed E-state index contributed by atoms with van der Waals surface area (Å²) in [6.07, 6.45) is 13.8. The third-order valence-corrected chi connectivity index (χ3v) is 12.0. The van der Waals surface area contributed by atoms with Crippen LogP contribution in [-0.2, 0) is 16.6 Å². The van der Waals surface area contributed by atoms with Crippen LogP contribution in [0.4, 0.5) is 0 Å². The van der Waals surface area contributed by atoms with Gasteiger partial charge in [-0.1, -0.05) is 59.2 Å². The Bertz CT molecular complexity index is 1050. The van der Waals surface area contributed by atoms with E-state index in [4.69, 9.17) is 4.52 Å². The SMILES string of the molecule is CC1(C)CCC2(C)CCC3C(C(=O)C=C4C3(C)CCC3C4(C)Cc4cnoc4C3(C)C)C2C1. The minimum Gasteiger partial charge on any atom is -0.361 e. The largest absolute Gasteiger partial charge is 0.361 e. The van der Waals surface area contributed by atoms with Crippen molar-refractivity contribution in [1.82, 2.24) is 5.16 Å². The lowest BCUT2D eigenvalue weighted by Gasteiger charge is -2.65. The number of allylic oxidation sites excluding steroid dienone is 2. The number of hydrogen-bond acceptors (Lipinski definition) is 3. The molecule has 0 bridgehead atoms. The number of fused-ring (bicyclic) bond motifs is 8. The van der Waals surface area contributed by atoms with Gasteiger partial charge in [0.2, 0.25) is 0 Å². The first-order valence-electron chi connectivity index (χ1n) is 13.5. The standard InChI is InChI=1S/C30H43NO2/c1-26(2)12-13-28(5)10-8-19-24(20(28)16-26)21(32)14-23-29(19,6)11-9-22-27(3,4)25-18(17-31-33-25)15-30(22,23)7/h14,17,19-20,22,24H,8-13,15-16H2,1-7H3. The molecule has 0 spiro atoms. The second-order valence-corrected chi connectivity index (χ2v) is 14.8. The highest BCUT2D eigenvalue weighted by Gasteiger charge is 2.65. The Morgan fingerprint density at radius 1 is 0.909 bits per heavy atom. The van der Waals surface area contributed by atoms with Crippen LogP contribution in [0.15, 0.2) is 22.4 Å². The number of carbonyl (C=O) groups is 1. The molecular formula is C30H43NO2. The van der Waals surface area contributed by atoms with Gasteiger partial charge in [-0.3, -0.25) is 4.79 Å². The topological polar surface area (TPSA) is 43.1 Å². The van der Waals surface area contributed by atoms with E-state index >= 15 is 0 Å². The van der Waals surface area contributed by atoms with Crippen LogP contribution in [0.2, 0.25) is 0 Å². The lowest BCUT2D eigenvalue weighted by atomic mass is 9.38. The molecule has 6 rings (SSSR count). The summed E-state index contributed by atoms with van der Waals surface area (Å²) in [4.78, 5) is 14.1. The summed E-state index contributed by atoms with van der Waals surface area (Å²) in [7, 11) is 0. The molecule has 7 atom stereocenters. The number of hydrogen-bond donors (Lipinski definition) is 0. The fourth-order valence-corrected chi connectivity index (χ4v) is 10.2. The van der Waals surface area contributed by atoms with Crippen LogP contribution in [0.25, 0.3) is 0 Å². The third-order valence-electron chi connectivity index (χ3n) is 12.0. The maximum Gasteiger partial charge on any atom is 0.159 e. The Balaban J connectivity index is 1.46. The van der Waals surface area contributed by atoms with Crippen LogP contribution in [0.3, 0.4) is 0 Å². The zero-order chi connectivity index (χ0) is 23.6. The maximum atomic E-state index is 14.1. The van der Waals surface area contributed by atoms with E-state index in [1.54, 1.807) is 0 Å². The third kappa shape index (κ3) is 2.74. The van der Waals surface area contributed by atoms with E-state index in [0.717, 1.165) is 12.2 Å². The molecular weight excluding hydrogens is 406 g/mol. The van der Waals surface area contributed by atoms with Crippen molar-refractivity contribution < 1.29 is 9.32 Å². The fourth-order valence-electron chi connectivity index (χ4n) is 10.2. The summed E-state index contributed by atoms with van der Waals surface area (Å²) >= 11 is 0. The second kappa shape index (κ2) is 6.43. The number of rotatable bonds is 0.